The van der Waals surface area contributed by atoms with Gasteiger partial charge in [0.05, 0.1) is 0 Å². The van der Waals surface area contributed by atoms with Crippen molar-refractivity contribution in [3.8, 4) is 0 Å². The van der Waals surface area contributed by atoms with E-state index in [1.807, 2.05) is 0 Å². The average Bonchev–Trinajstić information content (AvgIpc) is 0. The Morgan fingerprint density at radius 3 is 0.0541 bits per heavy atom. The zero-order chi connectivity index (χ0) is 0. The Morgan fingerprint density at radius 1 is 0.0541 bits per heavy atom. The molecule has 1 atom stereocenters. The summed E-state index contributed by atoms with van der Waals surface area (Å²) in [7, 11) is 0. The molecule has 36 radical (unpaired) electrons. The van der Waals surface area contributed by atoms with Crippen LogP contribution in [0.15, 0.2) is 0 Å². The van der Waals surface area contributed by atoms with E-state index in [0.717, 1.165) is 0 Å². The van der Waals surface area contributed by atoms with Gasteiger partial charge in [-0.25, -0.2) is 0 Å². The van der Waals surface area contributed by atoms with Gasteiger partial charge in [-0.15, -0.1) is 0 Å². The molecule has 37 heavy (non-hydrogen) atoms. The SMILES string of the molecule is P.[Y].[Y].[Y].[Y].[Y].[Y].[Y].[Y].[Y].[Y].[Y].[Y].[Y].[Y].[Y].[Y].[Y].[Y].[Y].[Y].[Y].[Y].[Y].[Y].[Y].[Y].[Y].[Y].[Y].[Y].[Y].[Y].[Y].[Y].[Y].[Y]. The zero-order valence-corrected chi connectivity index (χ0v) is 125. The predicted molar refractivity (Wildman–Crippen MR) is 11.1 cm³/mol. The van der Waals surface area contributed by atoms with E-state index in [0.29, 0.717) is 0 Å². The maximum atomic E-state index is 0. The fraction of sp³-hybridized carbons (Fsp3) is 0. The number of hydrogen-bond acceptors (Lipinski definition) is 0. The molecule has 0 fully saturated rings. The zero-order valence-electron chi connectivity index (χ0n) is 21.5. The molecule has 0 aromatic carbocycles. The monoisotopic (exact) mass is 3230 g/mol. The van der Waals surface area contributed by atoms with E-state index in [1.165, 1.54) is 0 Å². The van der Waals surface area contributed by atoms with Crippen molar-refractivity contribution in [1.29, 1.82) is 0 Å². The van der Waals surface area contributed by atoms with Gasteiger partial charge in [0.1, 0.15) is 0 Å². The molecule has 0 spiro atoms. The second-order valence-electron chi connectivity index (χ2n) is 0. The summed E-state index contributed by atoms with van der Waals surface area (Å²) in [5.41, 5.74) is 0. The molecule has 37 heteroatoms. The molecule has 0 heterocycles. The Bertz CT molecular complexity index is 6.63. The van der Waals surface area contributed by atoms with Crippen molar-refractivity contribution in [1.82, 2.24) is 0 Å². The maximum Gasteiger partial charge on any atom is 0 e. The van der Waals surface area contributed by atoms with Crippen LogP contribution in [0.25, 0.3) is 0 Å². The Hall–Kier alpha value is 40.2. The van der Waals surface area contributed by atoms with E-state index in [9.17, 15) is 0 Å². The van der Waals surface area contributed by atoms with E-state index in [1.54, 1.807) is 0 Å². The molecular weight excluding hydrogens is 3230 g/mol. The molecular formula is H3PY36. The van der Waals surface area contributed by atoms with Crippen LogP contribution in [0, 0.1) is 0 Å². The second kappa shape index (κ2) is 267. The van der Waals surface area contributed by atoms with Gasteiger partial charge in [0.25, 0.3) is 0 Å². The third-order valence-corrected chi connectivity index (χ3v) is 0. The minimum atomic E-state index is 0. The molecule has 0 N–H and O–H groups in total. The molecule has 0 aliphatic heterocycles. The molecule has 0 aromatic heterocycles. The van der Waals surface area contributed by atoms with Gasteiger partial charge >= 0.3 is 0 Å². The summed E-state index contributed by atoms with van der Waals surface area (Å²) in [5.74, 6) is 0. The molecule has 0 bridgehead atoms. The van der Waals surface area contributed by atoms with E-state index < -0.39 is 0 Å². The van der Waals surface area contributed by atoms with Gasteiger partial charge in [0, 0.05) is 1180 Å². The molecule has 0 amide bonds. The van der Waals surface area contributed by atoms with Crippen LogP contribution in [0.3, 0.4) is 0 Å². The molecule has 0 saturated heterocycles. The molecule has 0 nitrogen and oxygen atoms in total. The van der Waals surface area contributed by atoms with Gasteiger partial charge in [-0.3, -0.25) is 0 Å². The fourth-order valence-corrected chi connectivity index (χ4v) is 0. The van der Waals surface area contributed by atoms with Crippen LogP contribution in [0.1, 0.15) is 0 Å². The summed E-state index contributed by atoms with van der Waals surface area (Å²) in [5, 5.41) is 0. The number of rotatable bonds is 0. The fourth-order valence-electron chi connectivity index (χ4n) is 0. The third-order valence-electron chi connectivity index (χ3n) is 0. The Morgan fingerprint density at radius 2 is 0.0541 bits per heavy atom. The van der Waals surface area contributed by atoms with Crippen LogP contribution < -0.4 is 0 Å². The Balaban J connectivity index is 0. The van der Waals surface area contributed by atoms with E-state index in [-0.39, 0.29) is 1190 Å². The van der Waals surface area contributed by atoms with E-state index >= 15 is 0 Å². The van der Waals surface area contributed by atoms with E-state index in [2.05, 4.69) is 0 Å². The van der Waals surface area contributed by atoms with Crippen molar-refractivity contribution >= 4 is 9.90 Å². The molecule has 0 aromatic rings. The van der Waals surface area contributed by atoms with Crippen molar-refractivity contribution in [2.45, 2.75) is 0 Å². The maximum absolute atomic E-state index is 0. The predicted octanol–water partition coefficient (Wildman–Crippen LogP) is -0.0319. The van der Waals surface area contributed by atoms with Crippen LogP contribution in [0.4, 0.5) is 0 Å². The van der Waals surface area contributed by atoms with Gasteiger partial charge in [0.2, 0.25) is 0 Å². The van der Waals surface area contributed by atoms with E-state index in [4.69, 9.17) is 0 Å². The average molecular weight is 3230 g/mol. The Kier molecular flexibility index (Phi) is 2000. The van der Waals surface area contributed by atoms with Crippen molar-refractivity contribution in [3.63, 3.8) is 0 Å². The first-order valence-corrected chi connectivity index (χ1v) is 0. The van der Waals surface area contributed by atoms with Crippen LogP contribution >= 0.6 is 9.90 Å². The van der Waals surface area contributed by atoms with Crippen molar-refractivity contribution in [2.75, 3.05) is 0 Å². The van der Waals surface area contributed by atoms with Gasteiger partial charge < -0.3 is 0 Å². The molecule has 0 rings (SSSR count). The topological polar surface area (TPSA) is 0 Å². The number of hydrogen-bond donors (Lipinski definition) is 0. The van der Waals surface area contributed by atoms with Crippen molar-refractivity contribution < 1.29 is 1180 Å². The molecule has 1 unspecified atom stereocenters. The minimum absolute atomic E-state index is 0. The second-order valence-corrected chi connectivity index (χ2v) is 0. The summed E-state index contributed by atoms with van der Waals surface area (Å²) >= 11 is 0. The third kappa shape index (κ3) is 260. The standard InChI is InChI=1S/H3P.36Y/h1H3;;;;;;;;;;;;;;;;;;;;;;;;;;;;;;;;;;;;. The van der Waals surface area contributed by atoms with Gasteiger partial charge in [-0.05, 0) is 0 Å². The normalized spacial score (nSPS) is 0. The molecule has 0 saturated carbocycles. The largest absolute Gasteiger partial charge is 0.153 e. The molecule has 0 aliphatic carbocycles. The van der Waals surface area contributed by atoms with Gasteiger partial charge in [-0.1, -0.05) is 0 Å². The quantitative estimate of drug-likeness (QED) is 0.300. The van der Waals surface area contributed by atoms with Gasteiger partial charge in [0.15, 0.2) is 0 Å². The van der Waals surface area contributed by atoms with Crippen molar-refractivity contribution in [2.24, 2.45) is 0 Å². The molecule has 0 aliphatic rings. The summed E-state index contributed by atoms with van der Waals surface area (Å²) in [6.07, 6.45) is 0. The summed E-state index contributed by atoms with van der Waals surface area (Å²) in [6.45, 7) is 0. The van der Waals surface area contributed by atoms with Crippen LogP contribution in [0.5, 0.6) is 0 Å². The summed E-state index contributed by atoms with van der Waals surface area (Å²) in [4.78, 5) is 0. The minimum Gasteiger partial charge on any atom is -0.153 e. The first-order valence-electron chi connectivity index (χ1n) is 0. The van der Waals surface area contributed by atoms with Gasteiger partial charge in [-0.2, -0.15) is 9.90 Å². The van der Waals surface area contributed by atoms with Crippen molar-refractivity contribution in [3.05, 3.63) is 0 Å². The Labute approximate surface area is 1140 Å². The first kappa shape index (κ1) is 277. The van der Waals surface area contributed by atoms with Crippen LogP contribution in [0.2, 0.25) is 0 Å². The summed E-state index contributed by atoms with van der Waals surface area (Å²) < 4.78 is 0. The van der Waals surface area contributed by atoms with Crippen LogP contribution in [-0.4, -0.2) is 0 Å². The first-order chi connectivity index (χ1) is 0. The molecule has 116 valence electrons. The van der Waals surface area contributed by atoms with Crippen LogP contribution in [-0.2, 0) is 1180 Å². The smallest absolute Gasteiger partial charge is 0 e. The summed E-state index contributed by atoms with van der Waals surface area (Å²) in [6, 6.07) is 0.